The first-order valence-corrected chi connectivity index (χ1v) is 7.16. The third-order valence-corrected chi connectivity index (χ3v) is 3.56. The lowest BCUT2D eigenvalue weighted by molar-refractivity contribution is -0.137. The summed E-state index contributed by atoms with van der Waals surface area (Å²) in [5, 5.41) is 21.0. The SMILES string of the molecule is N#Cc1cccc(C(=O)N[C@H](CC(=O)O)c2ccccc2Cl)c1. The summed E-state index contributed by atoms with van der Waals surface area (Å²) in [6.45, 7) is 0. The molecule has 0 saturated heterocycles. The molecule has 0 aliphatic rings. The molecule has 2 aromatic carbocycles. The topological polar surface area (TPSA) is 90.2 Å². The van der Waals surface area contributed by atoms with Gasteiger partial charge in [-0.1, -0.05) is 35.9 Å². The molecular weight excluding hydrogens is 316 g/mol. The average molecular weight is 329 g/mol. The summed E-state index contributed by atoms with van der Waals surface area (Å²) in [6, 6.07) is 14.1. The lowest BCUT2D eigenvalue weighted by Gasteiger charge is -2.18. The highest BCUT2D eigenvalue weighted by atomic mass is 35.5. The molecule has 1 amide bonds. The van der Waals surface area contributed by atoms with Crippen molar-refractivity contribution in [3.8, 4) is 6.07 Å². The summed E-state index contributed by atoms with van der Waals surface area (Å²) in [5.74, 6) is -1.52. The van der Waals surface area contributed by atoms with Crippen molar-refractivity contribution in [1.82, 2.24) is 5.32 Å². The smallest absolute Gasteiger partial charge is 0.305 e. The first-order chi connectivity index (χ1) is 11.0. The fourth-order valence-electron chi connectivity index (χ4n) is 2.14. The molecule has 116 valence electrons. The maximum atomic E-state index is 12.3. The molecule has 2 aromatic rings. The molecule has 0 bridgehead atoms. The van der Waals surface area contributed by atoms with Gasteiger partial charge in [0.15, 0.2) is 0 Å². The Hall–Kier alpha value is -2.84. The summed E-state index contributed by atoms with van der Waals surface area (Å²) < 4.78 is 0. The van der Waals surface area contributed by atoms with Gasteiger partial charge in [-0.2, -0.15) is 5.26 Å². The number of halogens is 1. The molecule has 0 aliphatic carbocycles. The van der Waals surface area contributed by atoms with Crippen LogP contribution in [0.15, 0.2) is 48.5 Å². The van der Waals surface area contributed by atoms with Gasteiger partial charge in [0.25, 0.3) is 5.91 Å². The first-order valence-electron chi connectivity index (χ1n) is 6.78. The second-order valence-electron chi connectivity index (χ2n) is 4.84. The number of carboxylic acids is 1. The molecule has 2 N–H and O–H groups in total. The fraction of sp³-hybridized carbons (Fsp3) is 0.118. The number of carboxylic acid groups (broad SMARTS) is 1. The van der Waals surface area contributed by atoms with Crippen LogP contribution in [0.25, 0.3) is 0 Å². The third-order valence-electron chi connectivity index (χ3n) is 3.22. The number of nitrogens with one attached hydrogen (secondary N) is 1. The Labute approximate surface area is 138 Å². The summed E-state index contributed by atoms with van der Waals surface area (Å²) in [5.41, 5.74) is 1.16. The van der Waals surface area contributed by atoms with Gasteiger partial charge in [0.05, 0.1) is 24.1 Å². The van der Waals surface area contributed by atoms with Crippen molar-refractivity contribution < 1.29 is 14.7 Å². The van der Waals surface area contributed by atoms with Crippen molar-refractivity contribution in [1.29, 1.82) is 5.26 Å². The van der Waals surface area contributed by atoms with Crippen molar-refractivity contribution in [2.45, 2.75) is 12.5 Å². The van der Waals surface area contributed by atoms with Crippen LogP contribution >= 0.6 is 11.6 Å². The standard InChI is InChI=1S/C17H13ClN2O3/c18-14-7-2-1-6-13(14)15(9-16(21)22)20-17(23)12-5-3-4-11(8-12)10-19/h1-8,15H,9H2,(H,20,23)(H,21,22)/t15-/m1/s1. The Balaban J connectivity index is 2.27. The minimum atomic E-state index is -1.05. The van der Waals surface area contributed by atoms with E-state index < -0.39 is 17.9 Å². The largest absolute Gasteiger partial charge is 0.481 e. The predicted molar refractivity (Wildman–Crippen MR) is 85.1 cm³/mol. The molecule has 0 fully saturated rings. The van der Waals surface area contributed by atoms with E-state index in [9.17, 15) is 9.59 Å². The van der Waals surface area contributed by atoms with E-state index in [4.69, 9.17) is 22.0 Å². The minimum absolute atomic E-state index is 0.284. The number of carbonyl (C=O) groups excluding carboxylic acids is 1. The molecular formula is C17H13ClN2O3. The average Bonchev–Trinajstić information content (AvgIpc) is 2.54. The van der Waals surface area contributed by atoms with Gasteiger partial charge in [0.1, 0.15) is 0 Å². The Morgan fingerprint density at radius 3 is 2.61 bits per heavy atom. The molecule has 23 heavy (non-hydrogen) atoms. The maximum Gasteiger partial charge on any atom is 0.305 e. The maximum absolute atomic E-state index is 12.3. The number of rotatable bonds is 5. The molecule has 0 aromatic heterocycles. The van der Waals surface area contributed by atoms with Crippen molar-refractivity contribution in [2.24, 2.45) is 0 Å². The molecule has 0 aliphatic heterocycles. The van der Waals surface area contributed by atoms with Gasteiger partial charge < -0.3 is 10.4 Å². The molecule has 0 unspecified atom stereocenters. The monoisotopic (exact) mass is 328 g/mol. The number of hydrogen-bond donors (Lipinski definition) is 2. The Morgan fingerprint density at radius 1 is 1.22 bits per heavy atom. The van der Waals surface area contributed by atoms with Crippen LogP contribution < -0.4 is 5.32 Å². The quantitative estimate of drug-likeness (QED) is 0.882. The zero-order chi connectivity index (χ0) is 16.8. The number of benzene rings is 2. The number of aliphatic carboxylic acids is 1. The van der Waals surface area contributed by atoms with Gasteiger partial charge in [-0.05, 0) is 29.8 Å². The summed E-state index contributed by atoms with van der Waals surface area (Å²) in [4.78, 5) is 23.4. The van der Waals surface area contributed by atoms with E-state index in [1.54, 1.807) is 42.5 Å². The Morgan fingerprint density at radius 2 is 1.96 bits per heavy atom. The van der Waals surface area contributed by atoms with Crippen LogP contribution in [0.4, 0.5) is 0 Å². The molecule has 0 heterocycles. The molecule has 0 saturated carbocycles. The zero-order valence-electron chi connectivity index (χ0n) is 12.0. The van der Waals surface area contributed by atoms with E-state index in [0.29, 0.717) is 16.1 Å². The number of carbonyl (C=O) groups is 2. The van der Waals surface area contributed by atoms with Crippen LogP contribution in [-0.2, 0) is 4.79 Å². The second kappa shape index (κ2) is 7.43. The number of amides is 1. The van der Waals surface area contributed by atoms with E-state index in [2.05, 4.69) is 5.32 Å². The number of nitrogens with zero attached hydrogens (tertiary/aromatic N) is 1. The van der Waals surface area contributed by atoms with Gasteiger partial charge in [-0.3, -0.25) is 9.59 Å². The molecule has 1 atom stereocenters. The molecule has 0 spiro atoms. The van der Waals surface area contributed by atoms with Crippen molar-refractivity contribution in [2.75, 3.05) is 0 Å². The van der Waals surface area contributed by atoms with E-state index in [1.165, 1.54) is 6.07 Å². The number of nitriles is 1. The van der Waals surface area contributed by atoms with Gasteiger partial charge in [0.2, 0.25) is 0 Å². The molecule has 6 heteroatoms. The summed E-state index contributed by atoms with van der Waals surface area (Å²) >= 11 is 6.09. The zero-order valence-corrected chi connectivity index (χ0v) is 12.7. The fourth-order valence-corrected chi connectivity index (χ4v) is 2.41. The van der Waals surface area contributed by atoms with E-state index in [0.717, 1.165) is 0 Å². The van der Waals surface area contributed by atoms with Crippen LogP contribution in [0.3, 0.4) is 0 Å². The van der Waals surface area contributed by atoms with E-state index in [-0.39, 0.29) is 12.0 Å². The van der Waals surface area contributed by atoms with Gasteiger partial charge >= 0.3 is 5.97 Å². The third kappa shape index (κ3) is 4.31. The van der Waals surface area contributed by atoms with Gasteiger partial charge in [-0.15, -0.1) is 0 Å². The lowest BCUT2D eigenvalue weighted by atomic mass is 10.0. The lowest BCUT2D eigenvalue weighted by Crippen LogP contribution is -2.30. The van der Waals surface area contributed by atoms with Crippen LogP contribution in [0, 0.1) is 11.3 Å². The highest BCUT2D eigenvalue weighted by molar-refractivity contribution is 6.31. The van der Waals surface area contributed by atoms with E-state index >= 15 is 0 Å². The molecule has 0 radical (unpaired) electrons. The first kappa shape index (κ1) is 16.5. The molecule has 2 rings (SSSR count). The van der Waals surface area contributed by atoms with Gasteiger partial charge in [0, 0.05) is 10.6 Å². The predicted octanol–water partition coefficient (Wildman–Crippen LogP) is 3.16. The van der Waals surface area contributed by atoms with Crippen LogP contribution in [0.1, 0.15) is 33.9 Å². The minimum Gasteiger partial charge on any atom is -0.481 e. The molecule has 5 nitrogen and oxygen atoms in total. The Bertz CT molecular complexity index is 783. The van der Waals surface area contributed by atoms with Crippen molar-refractivity contribution in [3.63, 3.8) is 0 Å². The van der Waals surface area contributed by atoms with Gasteiger partial charge in [-0.25, -0.2) is 0 Å². The van der Waals surface area contributed by atoms with Crippen LogP contribution in [0.5, 0.6) is 0 Å². The van der Waals surface area contributed by atoms with Crippen LogP contribution in [-0.4, -0.2) is 17.0 Å². The summed E-state index contributed by atoms with van der Waals surface area (Å²) in [7, 11) is 0. The van der Waals surface area contributed by atoms with Crippen LogP contribution in [0.2, 0.25) is 5.02 Å². The normalized spacial score (nSPS) is 11.3. The highest BCUT2D eigenvalue weighted by Crippen LogP contribution is 2.25. The summed E-state index contributed by atoms with van der Waals surface area (Å²) in [6.07, 6.45) is -0.298. The van der Waals surface area contributed by atoms with Crippen molar-refractivity contribution >= 4 is 23.5 Å². The second-order valence-corrected chi connectivity index (χ2v) is 5.25. The number of hydrogen-bond acceptors (Lipinski definition) is 3. The van der Waals surface area contributed by atoms with E-state index in [1.807, 2.05) is 6.07 Å². The Kier molecular flexibility index (Phi) is 5.34. The highest BCUT2D eigenvalue weighted by Gasteiger charge is 2.21. The van der Waals surface area contributed by atoms with Crippen molar-refractivity contribution in [3.05, 3.63) is 70.2 Å².